The standard InChI is InChI=1S/C18H19F3.C18H27F3.C18H22.C18H30.C17H20.C17H28.C14H14.C13H12/c1-13-4-8-15(9-5-13)16-10-6-14(7-11-16)12-17(2,3)18(19,20)21;1-11(2)15-8-14(9-16(12(3)4)13(15)5)10-17(6,7)18(19,20)21;1-14-5-9-16(10-6-14)17-11-7-15(8-12-17)13-18(2,3)4;1-12(2)16-9-15(11-18(6,7)8)10-17(13(3)4)14(16)5;1-13(2)12-15-6-10-17(11-7-15)16-8-4-14(3)5-9-16;1-11(2)8-15-9-16(12(3)4)14(7)17(10-15)13(5)6;1-11-3-7-13(8-4-11)14-9-5-12(2)6-10-14;1-11-7-9-13(10-8-11)12-5-3-2-4-6-12/h4-11H,12H2,1-3H3;8-9,11-12H,10H2,1-7H3;5-12H,13H2,1-4H3;9-10,12-13H,11H2,1-8H3;4-11,13H,12H2,1-3H3;9-13H,8H2,1-7H3;3-10H,1-2H3;2-10H,1H3. The van der Waals surface area contributed by atoms with Crippen molar-refractivity contribution in [2.24, 2.45) is 33.5 Å². The molecule has 13 aromatic rings. The fourth-order valence-corrected chi connectivity index (χ4v) is 17.4. The van der Waals surface area contributed by atoms with E-state index in [1.165, 1.54) is 173 Å². The third-order valence-electron chi connectivity index (χ3n) is 25.6. The largest absolute Gasteiger partial charge is 0.394 e. The van der Waals surface area contributed by atoms with Gasteiger partial charge in [-0.3, -0.25) is 0 Å². The molecule has 0 aliphatic heterocycles. The molecule has 0 radical (unpaired) electrons. The minimum atomic E-state index is -4.19. The molecule has 13 rings (SSSR count). The zero-order valence-electron chi connectivity index (χ0n) is 91.8. The van der Waals surface area contributed by atoms with Gasteiger partial charge < -0.3 is 0 Å². The van der Waals surface area contributed by atoms with Crippen molar-refractivity contribution in [1.29, 1.82) is 0 Å². The number of aryl methyl sites for hydroxylation is 6. The predicted molar refractivity (Wildman–Crippen MR) is 596 cm³/mol. The van der Waals surface area contributed by atoms with E-state index in [1.807, 2.05) is 61.5 Å². The van der Waals surface area contributed by atoms with Crippen LogP contribution < -0.4 is 0 Å². The van der Waals surface area contributed by atoms with E-state index in [1.54, 1.807) is 12.1 Å². The summed E-state index contributed by atoms with van der Waals surface area (Å²) in [6, 6.07) is 101. The number of rotatable bonds is 21. The first kappa shape index (κ1) is 117. The molecule has 746 valence electrons. The van der Waals surface area contributed by atoms with Gasteiger partial charge in [0.1, 0.15) is 0 Å². The van der Waals surface area contributed by atoms with Crippen LogP contribution >= 0.6 is 0 Å². The molecule has 0 saturated heterocycles. The first-order chi connectivity index (χ1) is 64.7. The van der Waals surface area contributed by atoms with Crippen LogP contribution in [0.1, 0.15) is 332 Å². The van der Waals surface area contributed by atoms with Crippen LogP contribution in [0.3, 0.4) is 0 Å². The minimum absolute atomic E-state index is 0.00925. The van der Waals surface area contributed by atoms with E-state index in [0.717, 1.165) is 58.9 Å². The van der Waals surface area contributed by atoms with Crippen molar-refractivity contribution in [2.75, 3.05) is 0 Å². The molecule has 0 atom stereocenters. The van der Waals surface area contributed by atoms with Crippen LogP contribution in [0.25, 0.3) is 55.6 Å². The SMILES string of the molecule is Cc1c(C(C)C)cc(CC(C)(C)C(F)(F)F)cc1C(C)C.Cc1c(C(C)C)cc(CC(C)(C)C)cc1C(C)C.Cc1c(C(C)C)cc(CC(C)C)cc1C(C)C.Cc1ccc(-c2ccc(C)cc2)cc1.Cc1ccc(-c2ccc(CC(C)(C)C(F)(F)F)cc2)cc1.Cc1ccc(-c2ccc(CC(C)(C)C)cc2)cc1.Cc1ccc(-c2ccc(CC(C)C)cc2)cc1.Cc1ccc(-c2ccccc2)cc1. The van der Waals surface area contributed by atoms with Crippen molar-refractivity contribution in [3.05, 3.63) is 402 Å². The third-order valence-corrected chi connectivity index (χ3v) is 25.6. The van der Waals surface area contributed by atoms with E-state index >= 15 is 0 Å². The Bertz CT molecular complexity index is 5640. The van der Waals surface area contributed by atoms with Gasteiger partial charge >= 0.3 is 12.4 Å². The molecule has 0 amide bonds. The Labute approximate surface area is 840 Å². The van der Waals surface area contributed by atoms with Crippen LogP contribution in [0.4, 0.5) is 26.3 Å². The molecular formula is C133H172F6. The summed E-state index contributed by atoms with van der Waals surface area (Å²) in [7, 11) is 0. The maximum Gasteiger partial charge on any atom is 0.394 e. The van der Waals surface area contributed by atoms with Crippen LogP contribution in [-0.4, -0.2) is 12.4 Å². The number of hydrogen-bond donors (Lipinski definition) is 0. The van der Waals surface area contributed by atoms with Crippen molar-refractivity contribution < 1.29 is 26.3 Å². The Morgan fingerprint density at radius 2 is 0.353 bits per heavy atom. The maximum absolute atomic E-state index is 13.1. The second kappa shape index (κ2) is 53.3. The molecule has 0 N–H and O–H groups in total. The van der Waals surface area contributed by atoms with Gasteiger partial charge in [-0.05, 0) is 298 Å². The first-order valence-corrected chi connectivity index (χ1v) is 51.0. The van der Waals surface area contributed by atoms with Crippen LogP contribution in [-0.2, 0) is 38.5 Å². The van der Waals surface area contributed by atoms with Crippen molar-refractivity contribution in [2.45, 2.75) is 329 Å². The number of alkyl halides is 6. The van der Waals surface area contributed by atoms with E-state index in [0.29, 0.717) is 51.9 Å². The lowest BCUT2D eigenvalue weighted by Gasteiger charge is -2.29. The summed E-state index contributed by atoms with van der Waals surface area (Å²) in [4.78, 5) is 0. The maximum atomic E-state index is 13.1. The second-order valence-corrected chi connectivity index (χ2v) is 45.6. The molecule has 0 spiro atoms. The van der Waals surface area contributed by atoms with Crippen LogP contribution in [0.5, 0.6) is 0 Å². The monoisotopic (exact) mass is 1880 g/mol. The Morgan fingerprint density at radius 1 is 0.187 bits per heavy atom. The lowest BCUT2D eigenvalue weighted by atomic mass is 9.81. The van der Waals surface area contributed by atoms with E-state index in [4.69, 9.17) is 0 Å². The molecule has 0 bridgehead atoms. The van der Waals surface area contributed by atoms with Gasteiger partial charge in [0.2, 0.25) is 0 Å². The molecule has 0 saturated carbocycles. The molecule has 0 unspecified atom stereocenters. The van der Waals surface area contributed by atoms with Gasteiger partial charge in [0, 0.05) is 0 Å². The van der Waals surface area contributed by atoms with E-state index in [-0.39, 0.29) is 12.8 Å². The highest BCUT2D eigenvalue weighted by Crippen LogP contribution is 2.44. The molecule has 139 heavy (non-hydrogen) atoms. The fourth-order valence-electron chi connectivity index (χ4n) is 17.4. The topological polar surface area (TPSA) is 0 Å². The minimum Gasteiger partial charge on any atom is -0.171 e. The van der Waals surface area contributed by atoms with Gasteiger partial charge in [-0.25, -0.2) is 0 Å². The van der Waals surface area contributed by atoms with Crippen molar-refractivity contribution in [3.8, 4) is 55.6 Å². The van der Waals surface area contributed by atoms with E-state index in [2.05, 4.69) is 426 Å². The average Bonchev–Trinajstić information content (AvgIpc) is 0.794. The number of benzene rings is 13. The van der Waals surface area contributed by atoms with E-state index < -0.39 is 23.2 Å². The Balaban J connectivity index is 0.000000244. The van der Waals surface area contributed by atoms with Crippen molar-refractivity contribution >= 4 is 0 Å². The molecular weight excluding hydrogens is 1710 g/mol. The predicted octanol–water partition coefficient (Wildman–Crippen LogP) is 41.2. The summed E-state index contributed by atoms with van der Waals surface area (Å²) in [6.07, 6.45) is -3.72. The first-order valence-electron chi connectivity index (χ1n) is 51.0. The van der Waals surface area contributed by atoms with Crippen molar-refractivity contribution in [3.63, 3.8) is 0 Å². The highest BCUT2D eigenvalue weighted by Gasteiger charge is 2.48. The third kappa shape index (κ3) is 39.5. The molecule has 0 aromatic heterocycles. The van der Waals surface area contributed by atoms with Gasteiger partial charge in [-0.2, -0.15) is 26.3 Å². The molecule has 0 aliphatic rings. The lowest BCUT2D eigenvalue weighted by molar-refractivity contribution is -0.211. The summed E-state index contributed by atoms with van der Waals surface area (Å²) in [5.74, 6) is 4.56. The Kier molecular flexibility index (Phi) is 45.0. The fraction of sp³-hybridized carbons (Fsp3) is 0.414. The zero-order valence-corrected chi connectivity index (χ0v) is 91.8. The van der Waals surface area contributed by atoms with Gasteiger partial charge in [0.15, 0.2) is 0 Å². The smallest absolute Gasteiger partial charge is 0.171 e. The summed E-state index contributed by atoms with van der Waals surface area (Å²) in [5, 5.41) is 0. The van der Waals surface area contributed by atoms with Gasteiger partial charge in [-0.15, -0.1) is 0 Å². The molecule has 0 heterocycles. The summed E-state index contributed by atoms with van der Waals surface area (Å²) in [5.41, 5.74) is 37.4. The number of halogens is 6. The summed E-state index contributed by atoms with van der Waals surface area (Å²) >= 11 is 0. The summed E-state index contributed by atoms with van der Waals surface area (Å²) < 4.78 is 78.1. The van der Waals surface area contributed by atoms with Crippen molar-refractivity contribution in [1.82, 2.24) is 0 Å². The van der Waals surface area contributed by atoms with Crippen LogP contribution in [0, 0.1) is 95.8 Å². The quantitative estimate of drug-likeness (QED) is 0.0629. The van der Waals surface area contributed by atoms with E-state index in [9.17, 15) is 26.3 Å². The van der Waals surface area contributed by atoms with Gasteiger partial charge in [0.05, 0.1) is 10.8 Å². The molecule has 0 fully saturated rings. The van der Waals surface area contributed by atoms with Crippen LogP contribution in [0.15, 0.2) is 285 Å². The normalized spacial score (nSPS) is 11.7. The highest BCUT2D eigenvalue weighted by molar-refractivity contribution is 5.68. The molecule has 13 aromatic carbocycles. The van der Waals surface area contributed by atoms with Gasteiger partial charge in [-0.1, -0.05) is 499 Å². The second-order valence-electron chi connectivity index (χ2n) is 45.6. The molecule has 6 heteroatoms. The van der Waals surface area contributed by atoms with Gasteiger partial charge in [0.25, 0.3) is 0 Å². The number of hydrogen-bond acceptors (Lipinski definition) is 0. The highest BCUT2D eigenvalue weighted by atomic mass is 19.4. The molecule has 0 aliphatic carbocycles. The van der Waals surface area contributed by atoms with Crippen LogP contribution in [0.2, 0.25) is 0 Å². The molecule has 0 nitrogen and oxygen atoms in total. The Morgan fingerprint density at radius 3 is 0.554 bits per heavy atom. The summed E-state index contributed by atoms with van der Waals surface area (Å²) in [6.45, 7) is 73.9. The lowest BCUT2D eigenvalue weighted by Crippen LogP contribution is -2.34. The Hall–Kier alpha value is -10.6. The zero-order chi connectivity index (χ0) is 104. The average molecular weight is 1880 g/mol.